The first-order valence-electron chi connectivity index (χ1n) is 3.37. The third-order valence-corrected chi connectivity index (χ3v) is 1.92. The summed E-state index contributed by atoms with van der Waals surface area (Å²) in [4.78, 5) is 0. The zero-order valence-corrected chi connectivity index (χ0v) is 6.55. The maximum absolute atomic E-state index is 9.21. The molecule has 10 heavy (non-hydrogen) atoms. The standard InChI is InChI=1S/C6H12O3S/c7-4-5-2-1-3-6(8,10)9-5/h5,7-8,10H,1-4H2. The van der Waals surface area contributed by atoms with Gasteiger partial charge in [-0.15, -0.1) is 12.6 Å². The van der Waals surface area contributed by atoms with Gasteiger partial charge in [0.1, 0.15) is 0 Å². The van der Waals surface area contributed by atoms with Crippen LogP contribution in [0.1, 0.15) is 19.3 Å². The minimum Gasteiger partial charge on any atom is -0.394 e. The van der Waals surface area contributed by atoms with Crippen LogP contribution < -0.4 is 0 Å². The van der Waals surface area contributed by atoms with Gasteiger partial charge < -0.3 is 14.9 Å². The minimum absolute atomic E-state index is 0.0388. The van der Waals surface area contributed by atoms with Crippen LogP contribution in [0.15, 0.2) is 0 Å². The van der Waals surface area contributed by atoms with Gasteiger partial charge in [-0.2, -0.15) is 0 Å². The predicted molar refractivity (Wildman–Crippen MR) is 39.7 cm³/mol. The summed E-state index contributed by atoms with van der Waals surface area (Å²) in [5, 5.41) is 16.5. The van der Waals surface area contributed by atoms with Crippen molar-refractivity contribution in [3.05, 3.63) is 0 Å². The fraction of sp³-hybridized carbons (Fsp3) is 1.00. The summed E-state index contributed by atoms with van der Waals surface area (Å²) in [6, 6.07) is 0. The lowest BCUT2D eigenvalue weighted by atomic mass is 10.1. The quantitative estimate of drug-likeness (QED) is 0.381. The molecular weight excluding hydrogens is 152 g/mol. The molecule has 1 rings (SSSR count). The highest BCUT2D eigenvalue weighted by atomic mass is 32.1. The molecule has 0 aliphatic carbocycles. The van der Waals surface area contributed by atoms with E-state index in [1.54, 1.807) is 0 Å². The van der Waals surface area contributed by atoms with Gasteiger partial charge in [-0.3, -0.25) is 0 Å². The molecular formula is C6H12O3S. The second-order valence-electron chi connectivity index (χ2n) is 2.56. The molecule has 0 bridgehead atoms. The van der Waals surface area contributed by atoms with Crippen LogP contribution in [0.2, 0.25) is 0 Å². The molecule has 2 N–H and O–H groups in total. The van der Waals surface area contributed by atoms with Crippen molar-refractivity contribution in [2.24, 2.45) is 0 Å². The van der Waals surface area contributed by atoms with E-state index in [-0.39, 0.29) is 12.7 Å². The van der Waals surface area contributed by atoms with E-state index >= 15 is 0 Å². The number of hydrogen-bond acceptors (Lipinski definition) is 4. The van der Waals surface area contributed by atoms with E-state index in [9.17, 15) is 5.11 Å². The fourth-order valence-electron chi connectivity index (χ4n) is 1.07. The molecule has 1 aliphatic rings. The Hall–Kier alpha value is 0.230. The Morgan fingerprint density at radius 1 is 1.70 bits per heavy atom. The lowest BCUT2D eigenvalue weighted by Gasteiger charge is -2.32. The van der Waals surface area contributed by atoms with Crippen LogP contribution >= 0.6 is 12.6 Å². The summed E-state index contributed by atoms with van der Waals surface area (Å²) >= 11 is 3.85. The van der Waals surface area contributed by atoms with Gasteiger partial charge >= 0.3 is 0 Å². The molecule has 0 radical (unpaired) electrons. The van der Waals surface area contributed by atoms with Gasteiger partial charge in [-0.05, 0) is 12.8 Å². The third kappa shape index (κ3) is 2.12. The van der Waals surface area contributed by atoms with E-state index in [1.807, 2.05) is 0 Å². The zero-order chi connectivity index (χ0) is 7.61. The highest BCUT2D eigenvalue weighted by Gasteiger charge is 2.30. The van der Waals surface area contributed by atoms with E-state index in [1.165, 1.54) is 0 Å². The first-order valence-corrected chi connectivity index (χ1v) is 3.82. The fourth-order valence-corrected chi connectivity index (χ4v) is 1.38. The molecule has 1 saturated heterocycles. The van der Waals surface area contributed by atoms with E-state index in [0.29, 0.717) is 6.42 Å². The van der Waals surface area contributed by atoms with Crippen LogP contribution in [0.3, 0.4) is 0 Å². The van der Waals surface area contributed by atoms with Gasteiger partial charge in [0.05, 0.1) is 12.7 Å². The van der Waals surface area contributed by atoms with Gasteiger partial charge in [-0.25, -0.2) is 0 Å². The van der Waals surface area contributed by atoms with E-state index in [0.717, 1.165) is 12.8 Å². The van der Waals surface area contributed by atoms with Crippen molar-refractivity contribution in [2.45, 2.75) is 30.5 Å². The molecule has 1 fully saturated rings. The molecule has 0 spiro atoms. The van der Waals surface area contributed by atoms with Crippen molar-refractivity contribution in [1.29, 1.82) is 0 Å². The van der Waals surface area contributed by atoms with Crippen LogP contribution in [-0.4, -0.2) is 28.0 Å². The Morgan fingerprint density at radius 3 is 2.80 bits per heavy atom. The van der Waals surface area contributed by atoms with E-state index in [4.69, 9.17) is 9.84 Å². The Balaban J connectivity index is 2.40. The average Bonchev–Trinajstić information content (AvgIpc) is 1.86. The molecule has 0 aromatic carbocycles. The van der Waals surface area contributed by atoms with Crippen LogP contribution in [0.4, 0.5) is 0 Å². The molecule has 4 heteroatoms. The molecule has 60 valence electrons. The molecule has 0 saturated carbocycles. The zero-order valence-electron chi connectivity index (χ0n) is 5.66. The number of thiol groups is 1. The van der Waals surface area contributed by atoms with Crippen LogP contribution in [0.5, 0.6) is 0 Å². The first-order chi connectivity index (χ1) is 4.64. The van der Waals surface area contributed by atoms with Gasteiger partial charge in [0.25, 0.3) is 0 Å². The summed E-state index contributed by atoms with van der Waals surface area (Å²) in [5.74, 6) is 0. The number of rotatable bonds is 1. The number of aliphatic hydroxyl groups excluding tert-OH is 1. The molecule has 0 aromatic heterocycles. The van der Waals surface area contributed by atoms with Gasteiger partial charge in [0, 0.05) is 6.42 Å². The largest absolute Gasteiger partial charge is 0.394 e. The maximum atomic E-state index is 9.21. The lowest BCUT2D eigenvalue weighted by molar-refractivity contribution is -0.196. The normalized spacial score (nSPS) is 41.7. The predicted octanol–water partition coefficient (Wildman–Crippen LogP) is 0.124. The third-order valence-electron chi connectivity index (χ3n) is 1.59. The van der Waals surface area contributed by atoms with Crippen LogP contribution in [0, 0.1) is 0 Å². The van der Waals surface area contributed by atoms with Crippen molar-refractivity contribution in [2.75, 3.05) is 6.61 Å². The topological polar surface area (TPSA) is 49.7 Å². The Bertz CT molecular complexity index is 116. The SMILES string of the molecule is OCC1CCCC(O)(S)O1. The van der Waals surface area contributed by atoms with Gasteiger partial charge in [-0.1, -0.05) is 0 Å². The van der Waals surface area contributed by atoms with Crippen molar-refractivity contribution in [3.8, 4) is 0 Å². The van der Waals surface area contributed by atoms with Crippen molar-refractivity contribution in [3.63, 3.8) is 0 Å². The van der Waals surface area contributed by atoms with E-state index < -0.39 is 5.12 Å². The van der Waals surface area contributed by atoms with Crippen LogP contribution in [-0.2, 0) is 4.74 Å². The summed E-state index contributed by atoms with van der Waals surface area (Å²) in [7, 11) is 0. The Labute approximate surface area is 65.4 Å². The molecule has 3 nitrogen and oxygen atoms in total. The Morgan fingerprint density at radius 2 is 2.40 bits per heavy atom. The molecule has 0 amide bonds. The highest BCUT2D eigenvalue weighted by molar-refractivity contribution is 7.81. The Kier molecular flexibility index (Phi) is 2.57. The van der Waals surface area contributed by atoms with Crippen molar-refractivity contribution in [1.82, 2.24) is 0 Å². The monoisotopic (exact) mass is 164 g/mol. The minimum atomic E-state index is -1.31. The highest BCUT2D eigenvalue weighted by Crippen LogP contribution is 2.28. The smallest absolute Gasteiger partial charge is 0.213 e. The summed E-state index contributed by atoms with van der Waals surface area (Å²) < 4.78 is 4.99. The molecule has 0 aromatic rings. The summed E-state index contributed by atoms with van der Waals surface area (Å²) in [5.41, 5.74) is 0. The number of ether oxygens (including phenoxy) is 1. The summed E-state index contributed by atoms with van der Waals surface area (Å²) in [6.45, 7) is -0.0388. The van der Waals surface area contributed by atoms with Crippen molar-refractivity contribution < 1.29 is 14.9 Å². The maximum Gasteiger partial charge on any atom is 0.213 e. The summed E-state index contributed by atoms with van der Waals surface area (Å²) in [6.07, 6.45) is 1.95. The lowest BCUT2D eigenvalue weighted by Crippen LogP contribution is -2.37. The average molecular weight is 164 g/mol. The molecule has 2 unspecified atom stereocenters. The van der Waals surface area contributed by atoms with Gasteiger partial charge in [0.15, 0.2) is 0 Å². The molecule has 1 aliphatic heterocycles. The van der Waals surface area contributed by atoms with Crippen LogP contribution in [0.25, 0.3) is 0 Å². The second-order valence-corrected chi connectivity index (χ2v) is 3.26. The molecule has 2 atom stereocenters. The second kappa shape index (κ2) is 3.09. The van der Waals surface area contributed by atoms with Crippen molar-refractivity contribution >= 4 is 12.6 Å². The van der Waals surface area contributed by atoms with Gasteiger partial charge in [0.2, 0.25) is 5.12 Å². The first kappa shape index (κ1) is 8.33. The van der Waals surface area contributed by atoms with E-state index in [2.05, 4.69) is 12.6 Å². The number of hydrogen-bond donors (Lipinski definition) is 3. The molecule has 1 heterocycles. The number of aliphatic hydroxyl groups is 2.